The van der Waals surface area contributed by atoms with Crippen molar-refractivity contribution >= 4 is 17.9 Å². The van der Waals surface area contributed by atoms with Crippen LogP contribution >= 0.6 is 0 Å². The number of hydrazine groups is 1. The molecule has 0 aromatic heterocycles. The molecule has 0 bridgehead atoms. The molecule has 3 N–H and O–H groups in total. The number of alkyl halides is 3. The fourth-order valence-corrected chi connectivity index (χ4v) is 3.75. The number of benzene rings is 1. The first-order valence-electron chi connectivity index (χ1n) is 11.4. The van der Waals surface area contributed by atoms with Crippen LogP contribution < -0.4 is 15.6 Å². The van der Waals surface area contributed by atoms with Crippen LogP contribution in [0.25, 0.3) is 0 Å². The number of nitrogens with zero attached hydrogens (tertiary/aromatic N) is 1. The molecular weight excluding hydrogens is 487 g/mol. The summed E-state index contributed by atoms with van der Waals surface area (Å²) >= 11 is 0. The Balaban J connectivity index is 2.04. The maximum atomic E-state index is 13.6. The van der Waals surface area contributed by atoms with Gasteiger partial charge in [0, 0.05) is 12.2 Å². The number of rotatable bonds is 10. The maximum Gasteiger partial charge on any atom is 0.419 e. The molecule has 0 aliphatic carbocycles. The van der Waals surface area contributed by atoms with E-state index in [4.69, 9.17) is 14.2 Å². The van der Waals surface area contributed by atoms with Gasteiger partial charge >= 0.3 is 12.3 Å². The fraction of sp³-hybridized carbons (Fsp3) is 0.609. The summed E-state index contributed by atoms with van der Waals surface area (Å²) in [5.41, 5.74) is -0.459. The third kappa shape index (κ3) is 7.00. The van der Waals surface area contributed by atoms with Gasteiger partial charge in [-0.1, -0.05) is 19.8 Å². The quantitative estimate of drug-likeness (QED) is 0.319. The minimum absolute atomic E-state index is 0.103. The van der Waals surface area contributed by atoms with E-state index in [0.29, 0.717) is 12.7 Å². The molecule has 1 aliphatic heterocycles. The summed E-state index contributed by atoms with van der Waals surface area (Å²) in [6.07, 6.45) is -3.36. The standard InChI is InChI=1S/C23H32F3N3O7/c1-5-6-7-10-34-11-12-35-17-9-8-15(13-16(17)23(24,25)26)18(30)27-28-19(31)22(4)14-36-21(2,3)29(22)20(32)33/h8-9,13H,5-7,10-12,14H2,1-4H3,(H,27,30)(H,28,31)(H,32,33). The number of carboxylic acid groups (broad SMARTS) is 1. The average molecular weight is 520 g/mol. The first-order valence-corrected chi connectivity index (χ1v) is 11.4. The van der Waals surface area contributed by atoms with Gasteiger partial charge in [-0.15, -0.1) is 0 Å². The van der Waals surface area contributed by atoms with Gasteiger partial charge in [-0.05, 0) is 45.4 Å². The summed E-state index contributed by atoms with van der Waals surface area (Å²) in [7, 11) is 0. The molecule has 1 saturated heterocycles. The number of unbranched alkanes of at least 4 members (excludes halogenated alkanes) is 2. The van der Waals surface area contributed by atoms with Crippen molar-refractivity contribution < 1.29 is 46.9 Å². The summed E-state index contributed by atoms with van der Waals surface area (Å²) in [6, 6.07) is 2.73. The van der Waals surface area contributed by atoms with Gasteiger partial charge in [-0.3, -0.25) is 25.3 Å². The van der Waals surface area contributed by atoms with Gasteiger partial charge in [0.25, 0.3) is 11.8 Å². The summed E-state index contributed by atoms with van der Waals surface area (Å²) < 4.78 is 56.7. The van der Waals surface area contributed by atoms with E-state index in [0.717, 1.165) is 36.3 Å². The number of carbonyl (C=O) groups is 3. The van der Waals surface area contributed by atoms with Crippen LogP contribution in [-0.2, 0) is 20.4 Å². The number of halogens is 3. The highest BCUT2D eigenvalue weighted by Crippen LogP contribution is 2.37. The van der Waals surface area contributed by atoms with Crippen LogP contribution in [0.1, 0.15) is 62.9 Å². The normalized spacial score (nSPS) is 19.1. The summed E-state index contributed by atoms with van der Waals surface area (Å²) in [6.45, 7) is 6.46. The van der Waals surface area contributed by atoms with Crippen LogP contribution in [0.15, 0.2) is 18.2 Å². The molecule has 0 radical (unpaired) electrons. The molecule has 1 aromatic carbocycles. The van der Waals surface area contributed by atoms with Crippen molar-refractivity contribution in [3.05, 3.63) is 29.3 Å². The second-order valence-electron chi connectivity index (χ2n) is 8.91. The van der Waals surface area contributed by atoms with E-state index in [1.165, 1.54) is 20.8 Å². The van der Waals surface area contributed by atoms with Gasteiger partial charge < -0.3 is 19.3 Å². The van der Waals surface area contributed by atoms with Crippen molar-refractivity contribution in [1.82, 2.24) is 15.8 Å². The van der Waals surface area contributed by atoms with Crippen LogP contribution in [0.5, 0.6) is 5.75 Å². The Morgan fingerprint density at radius 3 is 2.42 bits per heavy atom. The van der Waals surface area contributed by atoms with E-state index in [9.17, 15) is 32.7 Å². The number of hydrogen-bond donors (Lipinski definition) is 3. The molecular formula is C23H32F3N3O7. The molecule has 2 rings (SSSR count). The Morgan fingerprint density at radius 1 is 1.11 bits per heavy atom. The van der Waals surface area contributed by atoms with Crippen molar-refractivity contribution in [3.8, 4) is 5.75 Å². The third-order valence-corrected chi connectivity index (χ3v) is 5.63. The van der Waals surface area contributed by atoms with E-state index in [1.54, 1.807) is 0 Å². The van der Waals surface area contributed by atoms with Crippen LogP contribution in [0.3, 0.4) is 0 Å². The minimum atomic E-state index is -4.81. The van der Waals surface area contributed by atoms with Gasteiger partial charge in [0.15, 0.2) is 0 Å². The molecule has 13 heteroatoms. The summed E-state index contributed by atoms with van der Waals surface area (Å²) in [5, 5.41) is 9.50. The van der Waals surface area contributed by atoms with Gasteiger partial charge in [-0.25, -0.2) is 4.79 Å². The lowest BCUT2D eigenvalue weighted by atomic mass is 10.0. The zero-order chi connectivity index (χ0) is 27.1. The highest BCUT2D eigenvalue weighted by Gasteiger charge is 2.56. The minimum Gasteiger partial charge on any atom is -0.491 e. The molecule has 10 nitrogen and oxygen atoms in total. The van der Waals surface area contributed by atoms with Crippen molar-refractivity contribution in [2.45, 2.75) is 64.4 Å². The lowest BCUT2D eigenvalue weighted by molar-refractivity contribution is -0.139. The molecule has 0 saturated carbocycles. The molecule has 1 fully saturated rings. The van der Waals surface area contributed by atoms with Gasteiger partial charge in [0.05, 0.1) is 18.8 Å². The number of nitrogens with one attached hydrogen (secondary N) is 2. The molecule has 1 unspecified atom stereocenters. The smallest absolute Gasteiger partial charge is 0.419 e. The van der Waals surface area contributed by atoms with Crippen LogP contribution in [0.2, 0.25) is 0 Å². The van der Waals surface area contributed by atoms with E-state index >= 15 is 0 Å². The lowest BCUT2D eigenvalue weighted by Gasteiger charge is -2.36. The molecule has 1 aliphatic rings. The number of amides is 3. The van der Waals surface area contributed by atoms with E-state index in [-0.39, 0.29) is 19.8 Å². The maximum absolute atomic E-state index is 13.6. The highest BCUT2D eigenvalue weighted by molar-refractivity contribution is 5.97. The van der Waals surface area contributed by atoms with E-state index < -0.39 is 52.2 Å². The molecule has 202 valence electrons. The monoisotopic (exact) mass is 519 g/mol. The molecule has 3 amide bonds. The second kappa shape index (κ2) is 11.8. The van der Waals surface area contributed by atoms with E-state index in [1.807, 2.05) is 12.3 Å². The van der Waals surface area contributed by atoms with Gasteiger partial charge in [-0.2, -0.15) is 13.2 Å². The van der Waals surface area contributed by atoms with Crippen molar-refractivity contribution in [3.63, 3.8) is 0 Å². The topological polar surface area (TPSA) is 126 Å². The Hall–Kier alpha value is -3.06. The molecule has 1 atom stereocenters. The zero-order valence-electron chi connectivity index (χ0n) is 20.7. The Bertz CT molecular complexity index is 955. The zero-order valence-corrected chi connectivity index (χ0v) is 20.7. The SMILES string of the molecule is CCCCCOCCOc1ccc(C(=O)NNC(=O)C2(C)COC(C)(C)N2C(=O)O)cc1C(F)(F)F. The predicted octanol–water partition coefficient (Wildman–Crippen LogP) is 3.56. The number of ether oxygens (including phenoxy) is 3. The lowest BCUT2D eigenvalue weighted by Crippen LogP contribution is -2.63. The number of carbonyl (C=O) groups excluding carboxylic acids is 2. The third-order valence-electron chi connectivity index (χ3n) is 5.63. The molecule has 1 heterocycles. The van der Waals surface area contributed by atoms with E-state index in [2.05, 4.69) is 5.43 Å². The first-order chi connectivity index (χ1) is 16.7. The van der Waals surface area contributed by atoms with Crippen molar-refractivity contribution in [2.24, 2.45) is 0 Å². The molecule has 1 aromatic rings. The Labute approximate surface area is 207 Å². The summed E-state index contributed by atoms with van der Waals surface area (Å²) in [4.78, 5) is 37.6. The second-order valence-corrected chi connectivity index (χ2v) is 8.91. The van der Waals surface area contributed by atoms with Crippen molar-refractivity contribution in [2.75, 3.05) is 26.4 Å². The Kier molecular flexibility index (Phi) is 9.55. The first kappa shape index (κ1) is 29.2. The average Bonchev–Trinajstić information content (AvgIpc) is 3.05. The van der Waals surface area contributed by atoms with Crippen LogP contribution in [0, 0.1) is 0 Å². The Morgan fingerprint density at radius 2 is 1.81 bits per heavy atom. The molecule has 0 spiro atoms. The largest absolute Gasteiger partial charge is 0.491 e. The fourth-order valence-electron chi connectivity index (χ4n) is 3.75. The van der Waals surface area contributed by atoms with Gasteiger partial charge in [0.1, 0.15) is 23.6 Å². The summed E-state index contributed by atoms with van der Waals surface area (Å²) in [5.74, 6) is -2.42. The van der Waals surface area contributed by atoms with Crippen LogP contribution in [0.4, 0.5) is 18.0 Å². The number of hydrogen-bond acceptors (Lipinski definition) is 6. The van der Waals surface area contributed by atoms with Crippen molar-refractivity contribution in [1.29, 1.82) is 0 Å². The van der Waals surface area contributed by atoms with Gasteiger partial charge in [0.2, 0.25) is 0 Å². The highest BCUT2D eigenvalue weighted by atomic mass is 19.4. The van der Waals surface area contributed by atoms with Crippen LogP contribution in [-0.4, -0.2) is 65.6 Å². The predicted molar refractivity (Wildman–Crippen MR) is 121 cm³/mol. The molecule has 36 heavy (non-hydrogen) atoms.